The molecule has 0 radical (unpaired) electrons. The van der Waals surface area contributed by atoms with E-state index < -0.39 is 0 Å². The number of thiophene rings is 1. The number of nitrogens with zero attached hydrogens (tertiary/aromatic N) is 4. The highest BCUT2D eigenvalue weighted by atomic mass is 32.1. The number of hydrogen-bond donors (Lipinski definition) is 0. The van der Waals surface area contributed by atoms with Crippen molar-refractivity contribution in [1.82, 2.24) is 19.1 Å². The summed E-state index contributed by atoms with van der Waals surface area (Å²) in [6, 6.07) is 45.0. The minimum absolute atomic E-state index is 0.687. The van der Waals surface area contributed by atoms with Gasteiger partial charge in [0.2, 0.25) is 5.95 Å². The van der Waals surface area contributed by atoms with Crippen LogP contribution in [0.15, 0.2) is 133 Å². The third-order valence-corrected chi connectivity index (χ3v) is 8.86. The van der Waals surface area contributed by atoms with Crippen LogP contribution in [-0.4, -0.2) is 19.1 Å². The molecule has 0 saturated carbocycles. The first-order chi connectivity index (χ1) is 20.4. The monoisotopic (exact) mass is 542 g/mol. The number of hydrogen-bond acceptors (Lipinski definition) is 3. The van der Waals surface area contributed by atoms with Crippen molar-refractivity contribution in [2.45, 2.75) is 0 Å². The van der Waals surface area contributed by atoms with E-state index in [2.05, 4.69) is 142 Å². The van der Waals surface area contributed by atoms with E-state index in [4.69, 9.17) is 9.97 Å². The van der Waals surface area contributed by atoms with Crippen LogP contribution in [0, 0.1) is 0 Å². The predicted molar refractivity (Wildman–Crippen MR) is 172 cm³/mol. The Morgan fingerprint density at radius 1 is 0.463 bits per heavy atom. The van der Waals surface area contributed by atoms with Crippen molar-refractivity contribution in [1.29, 1.82) is 0 Å². The third-order valence-electron chi connectivity index (χ3n) is 8.06. The fourth-order valence-electron chi connectivity index (χ4n) is 6.34. The zero-order valence-electron chi connectivity index (χ0n) is 21.9. The Labute approximate surface area is 239 Å². The summed E-state index contributed by atoms with van der Waals surface area (Å²) in [7, 11) is 0. The molecule has 0 fully saturated rings. The predicted octanol–water partition coefficient (Wildman–Crippen LogP) is 9.55. The lowest BCUT2D eigenvalue weighted by Crippen LogP contribution is -2.03. The fraction of sp³-hybridized carbons (Fsp3) is 0. The van der Waals surface area contributed by atoms with Gasteiger partial charge in [-0.05, 0) is 41.8 Å². The zero-order valence-corrected chi connectivity index (χ0v) is 22.7. The summed E-state index contributed by atoms with van der Waals surface area (Å²) in [5.74, 6) is 0.687. The van der Waals surface area contributed by atoms with Gasteiger partial charge in [0.15, 0.2) is 0 Å². The maximum absolute atomic E-state index is 5.39. The van der Waals surface area contributed by atoms with Gasteiger partial charge in [0, 0.05) is 38.2 Å². The Bertz CT molecular complexity index is 2370. The minimum atomic E-state index is 0.687. The molecule has 4 aromatic heterocycles. The summed E-state index contributed by atoms with van der Waals surface area (Å²) in [4.78, 5) is 11.5. The summed E-state index contributed by atoms with van der Waals surface area (Å²) in [5.41, 5.74) is 7.71. The van der Waals surface area contributed by atoms with Gasteiger partial charge < -0.3 is 4.57 Å². The van der Waals surface area contributed by atoms with Crippen LogP contribution >= 0.6 is 11.3 Å². The van der Waals surface area contributed by atoms with Gasteiger partial charge in [0.25, 0.3) is 0 Å². The number of rotatable bonds is 3. The molecule has 0 aliphatic carbocycles. The van der Waals surface area contributed by atoms with Gasteiger partial charge in [-0.2, -0.15) is 0 Å². The van der Waals surface area contributed by atoms with Crippen molar-refractivity contribution in [3.63, 3.8) is 0 Å². The topological polar surface area (TPSA) is 35.6 Å². The number of para-hydroxylation sites is 5. The second kappa shape index (κ2) is 8.62. The molecule has 0 aliphatic heterocycles. The average Bonchev–Trinajstić information content (AvgIpc) is 3.73. The minimum Gasteiger partial charge on any atom is -0.309 e. The third kappa shape index (κ3) is 3.21. The first-order valence-electron chi connectivity index (χ1n) is 13.7. The Kier molecular flexibility index (Phi) is 4.74. The lowest BCUT2D eigenvalue weighted by molar-refractivity contribution is 1.02. The summed E-state index contributed by atoms with van der Waals surface area (Å²) < 4.78 is 4.58. The molecule has 0 atom stereocenters. The highest BCUT2D eigenvalue weighted by Gasteiger charge is 2.21. The van der Waals surface area contributed by atoms with Gasteiger partial charge in [0.05, 0.1) is 27.8 Å². The van der Waals surface area contributed by atoms with Crippen LogP contribution in [0.4, 0.5) is 0 Å². The molecule has 41 heavy (non-hydrogen) atoms. The molecule has 0 unspecified atom stereocenters. The average molecular weight is 543 g/mol. The molecule has 5 heteroatoms. The standard InChI is InChI=1S/C36H22N4S/c1-2-11-23(12-3-1)39-30-18-7-6-15-26(30)27-16-10-17-28(34(27)39)33-29-21-22-41-35(29)38-36(37-33)40-31-19-8-4-13-24(31)25-14-5-9-20-32(25)40/h1-22H. The van der Waals surface area contributed by atoms with Gasteiger partial charge in [0.1, 0.15) is 4.83 Å². The molecule has 4 nitrogen and oxygen atoms in total. The van der Waals surface area contributed by atoms with Gasteiger partial charge >= 0.3 is 0 Å². The van der Waals surface area contributed by atoms with E-state index in [1.54, 1.807) is 11.3 Å². The lowest BCUT2D eigenvalue weighted by atomic mass is 10.0. The molecule has 9 aromatic rings. The van der Waals surface area contributed by atoms with Crippen LogP contribution < -0.4 is 0 Å². The second-order valence-electron chi connectivity index (χ2n) is 10.3. The van der Waals surface area contributed by atoms with E-state index in [0.717, 1.165) is 43.7 Å². The molecule has 4 heterocycles. The maximum atomic E-state index is 5.39. The van der Waals surface area contributed by atoms with Crippen LogP contribution in [0.3, 0.4) is 0 Å². The van der Waals surface area contributed by atoms with Crippen LogP contribution in [0.25, 0.3) is 76.7 Å². The molecule has 9 rings (SSSR count). The fourth-order valence-corrected chi connectivity index (χ4v) is 7.10. The van der Waals surface area contributed by atoms with Gasteiger partial charge in [-0.25, -0.2) is 9.97 Å². The molecular formula is C36H22N4S. The summed E-state index contributed by atoms with van der Waals surface area (Å²) >= 11 is 1.66. The van der Waals surface area contributed by atoms with Crippen molar-refractivity contribution >= 4 is 65.2 Å². The van der Waals surface area contributed by atoms with Crippen molar-refractivity contribution in [2.75, 3.05) is 0 Å². The van der Waals surface area contributed by atoms with E-state index in [0.29, 0.717) is 5.95 Å². The summed E-state index contributed by atoms with van der Waals surface area (Å²) in [5, 5.41) is 8.02. The van der Waals surface area contributed by atoms with Crippen molar-refractivity contribution in [3.8, 4) is 22.9 Å². The highest BCUT2D eigenvalue weighted by Crippen LogP contribution is 2.41. The number of benzene rings is 5. The Hall–Kier alpha value is -5.26. The van der Waals surface area contributed by atoms with Crippen molar-refractivity contribution in [3.05, 3.63) is 133 Å². The number of fused-ring (bicyclic) bond motifs is 7. The smallest absolute Gasteiger partial charge is 0.236 e. The second-order valence-corrected chi connectivity index (χ2v) is 11.2. The molecule has 0 N–H and O–H groups in total. The highest BCUT2D eigenvalue weighted by molar-refractivity contribution is 7.16. The van der Waals surface area contributed by atoms with Crippen LogP contribution in [0.1, 0.15) is 0 Å². The van der Waals surface area contributed by atoms with E-state index in [-0.39, 0.29) is 0 Å². The van der Waals surface area contributed by atoms with Crippen LogP contribution in [0.5, 0.6) is 0 Å². The molecular weight excluding hydrogens is 520 g/mol. The molecule has 0 bridgehead atoms. The van der Waals surface area contributed by atoms with Crippen molar-refractivity contribution < 1.29 is 0 Å². The summed E-state index contributed by atoms with van der Waals surface area (Å²) in [6.07, 6.45) is 0. The van der Waals surface area contributed by atoms with E-state index in [9.17, 15) is 0 Å². The van der Waals surface area contributed by atoms with E-state index >= 15 is 0 Å². The lowest BCUT2D eigenvalue weighted by Gasteiger charge is -2.13. The SMILES string of the molecule is c1ccc(-n2c3ccccc3c3cccc(-c4nc(-n5c6ccccc6c6ccccc65)nc5sccc45)c32)cc1. The summed E-state index contributed by atoms with van der Waals surface area (Å²) in [6.45, 7) is 0. The number of aromatic nitrogens is 4. The Morgan fingerprint density at radius 3 is 1.76 bits per heavy atom. The van der Waals surface area contributed by atoms with Gasteiger partial charge in [-0.3, -0.25) is 4.57 Å². The van der Waals surface area contributed by atoms with E-state index in [1.165, 1.54) is 27.1 Å². The Balaban J connectivity index is 1.42. The first-order valence-corrected chi connectivity index (χ1v) is 14.6. The normalized spacial score (nSPS) is 11.9. The maximum Gasteiger partial charge on any atom is 0.236 e. The molecule has 5 aromatic carbocycles. The van der Waals surface area contributed by atoms with Gasteiger partial charge in [-0.1, -0.05) is 91.0 Å². The van der Waals surface area contributed by atoms with E-state index in [1.807, 2.05) is 0 Å². The quantitative estimate of drug-likeness (QED) is 0.223. The molecule has 0 spiro atoms. The zero-order chi connectivity index (χ0) is 26.9. The van der Waals surface area contributed by atoms with Gasteiger partial charge in [-0.15, -0.1) is 11.3 Å². The first kappa shape index (κ1) is 22.5. The molecule has 192 valence electrons. The molecule has 0 aliphatic rings. The largest absolute Gasteiger partial charge is 0.309 e. The Morgan fingerprint density at radius 2 is 1.05 bits per heavy atom. The van der Waals surface area contributed by atoms with Crippen molar-refractivity contribution in [2.24, 2.45) is 0 Å². The van der Waals surface area contributed by atoms with Crippen LogP contribution in [0.2, 0.25) is 0 Å². The van der Waals surface area contributed by atoms with Crippen LogP contribution in [-0.2, 0) is 0 Å². The molecule has 0 saturated heterocycles. The molecule has 0 amide bonds.